The van der Waals surface area contributed by atoms with Crippen LogP contribution in [-0.4, -0.2) is 43.2 Å². The molecule has 0 bridgehead atoms. The fourth-order valence-electron chi connectivity index (χ4n) is 5.98. The van der Waals surface area contributed by atoms with E-state index in [1.807, 2.05) is 0 Å². The molecule has 0 spiro atoms. The number of amides is 1. The molecule has 4 nitrogen and oxygen atoms in total. The van der Waals surface area contributed by atoms with Crippen molar-refractivity contribution < 1.29 is 27.5 Å². The number of carbonyl (C=O) groups excluding carboxylic acids is 2. The molecule has 7 heteroatoms. The van der Waals surface area contributed by atoms with Crippen LogP contribution in [0.2, 0.25) is 0 Å². The second kappa shape index (κ2) is 6.16. The second-order valence-electron chi connectivity index (χ2n) is 8.15. The number of nitrogens with zero attached hydrogens (tertiary/aromatic N) is 1. The van der Waals surface area contributed by atoms with Gasteiger partial charge in [-0.25, -0.2) is 0 Å². The zero-order valence-corrected chi connectivity index (χ0v) is 14.9. The molecule has 5 unspecified atom stereocenters. The van der Waals surface area contributed by atoms with E-state index < -0.39 is 24.0 Å². The van der Waals surface area contributed by atoms with Crippen LogP contribution in [0.25, 0.3) is 0 Å². The van der Waals surface area contributed by atoms with Crippen molar-refractivity contribution in [1.82, 2.24) is 4.90 Å². The van der Waals surface area contributed by atoms with Crippen molar-refractivity contribution in [3.63, 3.8) is 0 Å². The summed E-state index contributed by atoms with van der Waals surface area (Å²) in [5.74, 6) is -3.68. The van der Waals surface area contributed by atoms with Gasteiger partial charge in [0.1, 0.15) is 0 Å². The molecule has 2 aliphatic carbocycles. The molecule has 1 saturated heterocycles. The van der Waals surface area contributed by atoms with Crippen molar-refractivity contribution >= 4 is 11.9 Å². The van der Waals surface area contributed by atoms with Gasteiger partial charge >= 0.3 is 12.1 Å². The third-order valence-electron chi connectivity index (χ3n) is 7.21. The normalized spacial score (nSPS) is 41.8. The van der Waals surface area contributed by atoms with E-state index in [0.29, 0.717) is 32.1 Å². The summed E-state index contributed by atoms with van der Waals surface area (Å²) in [7, 11) is 2.96. The molecule has 0 aromatic carbocycles. The van der Waals surface area contributed by atoms with Crippen molar-refractivity contribution in [3.05, 3.63) is 0 Å². The largest absolute Gasteiger partial charge is 0.469 e. The van der Waals surface area contributed by atoms with Gasteiger partial charge in [0.05, 0.1) is 18.9 Å². The predicted octanol–water partition coefficient (Wildman–Crippen LogP) is 3.40. The number of likely N-dealkylation sites (tertiary alicyclic amines) is 1. The van der Waals surface area contributed by atoms with Gasteiger partial charge in [-0.2, -0.15) is 13.2 Å². The zero-order chi connectivity index (χ0) is 18.6. The summed E-state index contributed by atoms with van der Waals surface area (Å²) in [5.41, 5.74) is -0.228. The number of hydrogen-bond acceptors (Lipinski definition) is 3. The van der Waals surface area contributed by atoms with Crippen molar-refractivity contribution in [3.8, 4) is 0 Å². The molecule has 3 aliphatic rings. The number of piperidine rings is 1. The molecule has 142 valence electrons. The molecule has 0 aromatic heterocycles. The average Bonchev–Trinajstić information content (AvgIpc) is 2.56. The summed E-state index contributed by atoms with van der Waals surface area (Å²) in [4.78, 5) is 26.1. The predicted molar refractivity (Wildman–Crippen MR) is 84.4 cm³/mol. The van der Waals surface area contributed by atoms with Crippen molar-refractivity contribution in [2.45, 2.75) is 57.7 Å². The van der Waals surface area contributed by atoms with Crippen LogP contribution >= 0.6 is 0 Å². The SMILES string of the molecule is COC(=O)C1C2CCC3N(C)C(=O)CC[C@]3(C)C2CCC1C(F)(F)F. The molecule has 0 radical (unpaired) electrons. The zero-order valence-electron chi connectivity index (χ0n) is 14.9. The van der Waals surface area contributed by atoms with Gasteiger partial charge in [-0.15, -0.1) is 0 Å². The van der Waals surface area contributed by atoms with Crippen LogP contribution in [-0.2, 0) is 14.3 Å². The first-order chi connectivity index (χ1) is 11.6. The van der Waals surface area contributed by atoms with Crippen molar-refractivity contribution in [1.29, 1.82) is 0 Å². The van der Waals surface area contributed by atoms with Gasteiger partial charge in [0, 0.05) is 19.5 Å². The first-order valence-corrected chi connectivity index (χ1v) is 9.01. The average molecular weight is 361 g/mol. The highest BCUT2D eigenvalue weighted by Gasteiger charge is 2.61. The summed E-state index contributed by atoms with van der Waals surface area (Å²) in [6, 6.07) is 0.0516. The molecule has 1 amide bonds. The molecule has 3 rings (SSSR count). The van der Waals surface area contributed by atoms with Gasteiger partial charge in [-0.05, 0) is 49.4 Å². The monoisotopic (exact) mass is 361 g/mol. The summed E-state index contributed by atoms with van der Waals surface area (Å²) in [5, 5.41) is 0. The third kappa shape index (κ3) is 2.83. The molecule has 0 N–H and O–H groups in total. The molecular formula is C18H26F3NO3. The van der Waals surface area contributed by atoms with E-state index in [0.717, 1.165) is 0 Å². The van der Waals surface area contributed by atoms with Gasteiger partial charge in [-0.1, -0.05) is 6.92 Å². The number of ether oxygens (including phenoxy) is 1. The van der Waals surface area contributed by atoms with Crippen LogP contribution in [0.4, 0.5) is 13.2 Å². The Labute approximate surface area is 146 Å². The minimum atomic E-state index is -4.39. The van der Waals surface area contributed by atoms with Crippen LogP contribution in [0.15, 0.2) is 0 Å². The summed E-state index contributed by atoms with van der Waals surface area (Å²) < 4.78 is 45.4. The van der Waals surface area contributed by atoms with Gasteiger partial charge in [0.25, 0.3) is 0 Å². The Balaban J connectivity index is 1.95. The minimum absolute atomic E-state index is 0.0181. The number of methoxy groups -OCH3 is 1. The topological polar surface area (TPSA) is 46.6 Å². The highest BCUT2D eigenvalue weighted by molar-refractivity contribution is 5.77. The quantitative estimate of drug-likeness (QED) is 0.673. The van der Waals surface area contributed by atoms with E-state index in [4.69, 9.17) is 4.74 Å². The number of halogens is 3. The van der Waals surface area contributed by atoms with Crippen LogP contribution < -0.4 is 0 Å². The lowest BCUT2D eigenvalue weighted by Crippen LogP contribution is -2.62. The highest BCUT2D eigenvalue weighted by atomic mass is 19.4. The van der Waals surface area contributed by atoms with E-state index in [2.05, 4.69) is 6.92 Å². The smallest absolute Gasteiger partial charge is 0.392 e. The maximum atomic E-state index is 13.5. The lowest BCUT2D eigenvalue weighted by Gasteiger charge is -2.59. The van der Waals surface area contributed by atoms with Gasteiger partial charge in [-0.3, -0.25) is 9.59 Å². The summed E-state index contributed by atoms with van der Waals surface area (Å²) in [6.07, 6.45) is -1.67. The first kappa shape index (κ1) is 18.5. The Bertz CT molecular complexity index is 564. The Kier molecular flexibility index (Phi) is 4.57. The number of esters is 1. The second-order valence-corrected chi connectivity index (χ2v) is 8.15. The Morgan fingerprint density at radius 3 is 2.52 bits per heavy atom. The van der Waals surface area contributed by atoms with Crippen molar-refractivity contribution in [2.75, 3.05) is 14.2 Å². The Morgan fingerprint density at radius 1 is 1.24 bits per heavy atom. The van der Waals surface area contributed by atoms with Crippen LogP contribution in [0.1, 0.15) is 45.4 Å². The number of carbonyl (C=O) groups is 2. The molecule has 6 atom stereocenters. The fraction of sp³-hybridized carbons (Fsp3) is 0.889. The maximum absolute atomic E-state index is 13.5. The molecule has 3 fully saturated rings. The number of hydrogen-bond donors (Lipinski definition) is 0. The standard InChI is InChI=1S/C18H26F3NO3/c1-17-9-8-14(23)22(2)13(17)7-4-10-11(17)5-6-12(18(19,20)21)15(10)16(24)25-3/h10-13,15H,4-9H2,1-3H3/t10?,11?,12?,13?,15?,17-/m1/s1. The van der Waals surface area contributed by atoms with E-state index in [9.17, 15) is 22.8 Å². The van der Waals surface area contributed by atoms with Gasteiger partial charge < -0.3 is 9.64 Å². The van der Waals surface area contributed by atoms with Gasteiger partial charge in [0.15, 0.2) is 0 Å². The van der Waals surface area contributed by atoms with Crippen LogP contribution in [0.3, 0.4) is 0 Å². The minimum Gasteiger partial charge on any atom is -0.469 e. The summed E-state index contributed by atoms with van der Waals surface area (Å²) >= 11 is 0. The fourth-order valence-corrected chi connectivity index (χ4v) is 5.98. The van der Waals surface area contributed by atoms with E-state index in [-0.39, 0.29) is 35.6 Å². The number of fused-ring (bicyclic) bond motifs is 3. The van der Waals surface area contributed by atoms with E-state index >= 15 is 0 Å². The Morgan fingerprint density at radius 2 is 1.92 bits per heavy atom. The van der Waals surface area contributed by atoms with E-state index in [1.54, 1.807) is 11.9 Å². The lowest BCUT2D eigenvalue weighted by atomic mass is 9.49. The number of alkyl halides is 3. The molecule has 1 heterocycles. The van der Waals surface area contributed by atoms with Crippen LogP contribution in [0, 0.1) is 29.1 Å². The Hall–Kier alpha value is -1.27. The lowest BCUT2D eigenvalue weighted by molar-refractivity contribution is -0.226. The number of rotatable bonds is 1. The van der Waals surface area contributed by atoms with Gasteiger partial charge in [0.2, 0.25) is 5.91 Å². The van der Waals surface area contributed by atoms with Crippen LogP contribution in [0.5, 0.6) is 0 Å². The maximum Gasteiger partial charge on any atom is 0.392 e. The molecule has 25 heavy (non-hydrogen) atoms. The van der Waals surface area contributed by atoms with Crippen molar-refractivity contribution in [2.24, 2.45) is 29.1 Å². The first-order valence-electron chi connectivity index (χ1n) is 9.01. The molecule has 1 aliphatic heterocycles. The summed E-state index contributed by atoms with van der Waals surface area (Å²) in [6.45, 7) is 2.10. The highest BCUT2D eigenvalue weighted by Crippen LogP contribution is 2.60. The molecule has 0 aromatic rings. The molecular weight excluding hydrogens is 335 g/mol. The third-order valence-corrected chi connectivity index (χ3v) is 7.21. The van der Waals surface area contributed by atoms with E-state index in [1.165, 1.54) is 7.11 Å². The molecule has 2 saturated carbocycles.